The molecule has 2 N–H and O–H groups in total. The minimum Gasteiger partial charge on any atom is -0.309 e. The van der Waals surface area contributed by atoms with Crippen molar-refractivity contribution in [3.8, 4) is 22.4 Å². The van der Waals surface area contributed by atoms with Gasteiger partial charge in [0.25, 0.3) is 0 Å². The average molecular weight is 366 g/mol. The predicted molar refractivity (Wildman–Crippen MR) is 112 cm³/mol. The summed E-state index contributed by atoms with van der Waals surface area (Å²) in [4.78, 5) is 0. The van der Waals surface area contributed by atoms with Crippen LogP contribution in [0.25, 0.3) is 22.4 Å². The lowest BCUT2D eigenvalue weighted by Crippen LogP contribution is -2.28. The second-order valence-electron chi connectivity index (χ2n) is 7.39. The zero-order chi connectivity index (χ0) is 18.8. The SMILES string of the molecule is c1cc(-c2ccc(CNC3Cc4ccccc4C3)cc2)cc(-c2cn[nH]n2)c1. The minimum atomic E-state index is 0.538. The Balaban J connectivity index is 1.25. The molecule has 28 heavy (non-hydrogen) atoms. The van der Waals surface area contributed by atoms with Gasteiger partial charge in [-0.3, -0.25) is 0 Å². The van der Waals surface area contributed by atoms with Crippen LogP contribution in [-0.4, -0.2) is 21.5 Å². The maximum absolute atomic E-state index is 4.17. The molecular formula is C24H22N4. The number of hydrogen-bond acceptors (Lipinski definition) is 3. The molecule has 1 aliphatic carbocycles. The van der Waals surface area contributed by atoms with Crippen molar-refractivity contribution >= 4 is 0 Å². The fourth-order valence-corrected chi connectivity index (χ4v) is 3.98. The molecule has 0 saturated heterocycles. The quantitative estimate of drug-likeness (QED) is 0.551. The highest BCUT2D eigenvalue weighted by molar-refractivity contribution is 5.71. The third-order valence-corrected chi connectivity index (χ3v) is 5.51. The normalized spacial score (nSPS) is 13.6. The van der Waals surface area contributed by atoms with Gasteiger partial charge in [0.15, 0.2) is 0 Å². The van der Waals surface area contributed by atoms with E-state index in [9.17, 15) is 0 Å². The Bertz CT molecular complexity index is 1040. The highest BCUT2D eigenvalue weighted by Crippen LogP contribution is 2.26. The molecule has 0 atom stereocenters. The summed E-state index contributed by atoms with van der Waals surface area (Å²) in [5.74, 6) is 0. The summed E-state index contributed by atoms with van der Waals surface area (Å²) in [6, 6.07) is 26.5. The van der Waals surface area contributed by atoms with Crippen molar-refractivity contribution in [2.24, 2.45) is 0 Å². The van der Waals surface area contributed by atoms with E-state index in [4.69, 9.17) is 0 Å². The van der Waals surface area contributed by atoms with Gasteiger partial charge in [-0.15, -0.1) is 0 Å². The molecule has 0 saturated carbocycles. The van der Waals surface area contributed by atoms with Crippen LogP contribution in [0.15, 0.2) is 79.0 Å². The Labute approximate surface area is 164 Å². The first-order valence-corrected chi connectivity index (χ1v) is 9.71. The van der Waals surface area contributed by atoms with Crippen molar-refractivity contribution in [3.05, 3.63) is 95.7 Å². The number of nitrogens with one attached hydrogen (secondary N) is 2. The van der Waals surface area contributed by atoms with Crippen LogP contribution >= 0.6 is 0 Å². The molecule has 138 valence electrons. The molecule has 0 radical (unpaired) electrons. The zero-order valence-electron chi connectivity index (χ0n) is 15.6. The van der Waals surface area contributed by atoms with Crippen molar-refractivity contribution in [3.63, 3.8) is 0 Å². The largest absolute Gasteiger partial charge is 0.309 e. The van der Waals surface area contributed by atoms with E-state index in [1.165, 1.54) is 27.8 Å². The van der Waals surface area contributed by atoms with Crippen LogP contribution in [0.1, 0.15) is 16.7 Å². The number of aromatic nitrogens is 3. The lowest BCUT2D eigenvalue weighted by atomic mass is 10.0. The van der Waals surface area contributed by atoms with E-state index in [1.54, 1.807) is 6.20 Å². The number of hydrogen-bond donors (Lipinski definition) is 2. The molecule has 4 aromatic rings. The average Bonchev–Trinajstić information content (AvgIpc) is 3.42. The summed E-state index contributed by atoms with van der Waals surface area (Å²) in [5.41, 5.74) is 8.61. The highest BCUT2D eigenvalue weighted by Gasteiger charge is 2.19. The van der Waals surface area contributed by atoms with E-state index in [0.717, 1.165) is 30.6 Å². The number of H-pyrrole nitrogens is 1. The molecular weight excluding hydrogens is 344 g/mol. The second kappa shape index (κ2) is 7.41. The topological polar surface area (TPSA) is 53.6 Å². The number of nitrogens with zero attached hydrogens (tertiary/aromatic N) is 2. The molecule has 0 aliphatic heterocycles. The van der Waals surface area contributed by atoms with Gasteiger partial charge in [-0.25, -0.2) is 0 Å². The molecule has 0 unspecified atom stereocenters. The molecule has 3 aromatic carbocycles. The standard InChI is InChI=1S/C24H22N4/c1-2-5-21-14-23(13-20(21)4-1)25-15-17-8-10-18(11-9-17)19-6-3-7-22(12-19)24-16-26-28-27-24/h1-12,16,23,25H,13-15H2,(H,26,27,28). The first-order valence-electron chi connectivity index (χ1n) is 9.71. The van der Waals surface area contributed by atoms with E-state index >= 15 is 0 Å². The van der Waals surface area contributed by atoms with Gasteiger partial charge in [-0.2, -0.15) is 15.4 Å². The molecule has 0 amide bonds. The first kappa shape index (κ1) is 16.9. The number of aromatic amines is 1. The molecule has 0 bridgehead atoms. The van der Waals surface area contributed by atoms with Gasteiger partial charge in [0.2, 0.25) is 0 Å². The van der Waals surface area contributed by atoms with Crippen molar-refractivity contribution in [1.82, 2.24) is 20.7 Å². The summed E-state index contributed by atoms with van der Waals surface area (Å²) < 4.78 is 0. The molecule has 0 fully saturated rings. The van der Waals surface area contributed by atoms with Crippen molar-refractivity contribution in [2.45, 2.75) is 25.4 Å². The van der Waals surface area contributed by atoms with Gasteiger partial charge in [0.1, 0.15) is 5.69 Å². The van der Waals surface area contributed by atoms with Gasteiger partial charge >= 0.3 is 0 Å². The Kier molecular flexibility index (Phi) is 4.47. The van der Waals surface area contributed by atoms with Crippen LogP contribution in [0.2, 0.25) is 0 Å². The maximum atomic E-state index is 4.17. The van der Waals surface area contributed by atoms with Crippen LogP contribution in [0.4, 0.5) is 0 Å². The van der Waals surface area contributed by atoms with Crippen molar-refractivity contribution in [2.75, 3.05) is 0 Å². The lowest BCUT2D eigenvalue weighted by Gasteiger charge is -2.12. The van der Waals surface area contributed by atoms with Crippen LogP contribution in [0.3, 0.4) is 0 Å². The summed E-state index contributed by atoms with van der Waals surface area (Å²) in [7, 11) is 0. The molecule has 1 aliphatic rings. The Morgan fingerprint density at radius 3 is 2.29 bits per heavy atom. The van der Waals surface area contributed by atoms with Crippen molar-refractivity contribution in [1.29, 1.82) is 0 Å². The zero-order valence-corrected chi connectivity index (χ0v) is 15.6. The van der Waals surface area contributed by atoms with Crippen LogP contribution < -0.4 is 5.32 Å². The molecule has 1 aromatic heterocycles. The van der Waals surface area contributed by atoms with Crippen LogP contribution in [0.5, 0.6) is 0 Å². The summed E-state index contributed by atoms with van der Waals surface area (Å²) in [5, 5.41) is 14.4. The summed E-state index contributed by atoms with van der Waals surface area (Å²) in [6.07, 6.45) is 4.00. The molecule has 5 rings (SSSR count). The third kappa shape index (κ3) is 3.47. The number of fused-ring (bicyclic) bond motifs is 1. The van der Waals surface area contributed by atoms with E-state index in [2.05, 4.69) is 93.5 Å². The molecule has 4 heteroatoms. The van der Waals surface area contributed by atoms with Gasteiger partial charge < -0.3 is 5.32 Å². The van der Waals surface area contributed by atoms with Gasteiger partial charge in [-0.05, 0) is 46.7 Å². The number of rotatable bonds is 5. The van der Waals surface area contributed by atoms with E-state index in [-0.39, 0.29) is 0 Å². The number of benzene rings is 3. The van der Waals surface area contributed by atoms with Gasteiger partial charge in [-0.1, -0.05) is 66.7 Å². The minimum absolute atomic E-state index is 0.538. The van der Waals surface area contributed by atoms with Gasteiger partial charge in [0.05, 0.1) is 6.20 Å². The van der Waals surface area contributed by atoms with E-state index in [1.807, 2.05) is 0 Å². The maximum Gasteiger partial charge on any atom is 0.112 e. The third-order valence-electron chi connectivity index (χ3n) is 5.51. The Morgan fingerprint density at radius 1 is 0.821 bits per heavy atom. The monoisotopic (exact) mass is 366 g/mol. The smallest absolute Gasteiger partial charge is 0.112 e. The molecule has 0 spiro atoms. The summed E-state index contributed by atoms with van der Waals surface area (Å²) in [6.45, 7) is 0.901. The fourth-order valence-electron chi connectivity index (χ4n) is 3.98. The fraction of sp³-hybridized carbons (Fsp3) is 0.167. The molecule has 1 heterocycles. The lowest BCUT2D eigenvalue weighted by molar-refractivity contribution is 0.533. The predicted octanol–water partition coefficient (Wildman–Crippen LogP) is 4.40. The molecule has 4 nitrogen and oxygen atoms in total. The Hall–Kier alpha value is -3.24. The van der Waals surface area contributed by atoms with E-state index < -0.39 is 0 Å². The van der Waals surface area contributed by atoms with Gasteiger partial charge in [0, 0.05) is 18.2 Å². The summed E-state index contributed by atoms with van der Waals surface area (Å²) >= 11 is 0. The van der Waals surface area contributed by atoms with Crippen molar-refractivity contribution < 1.29 is 0 Å². The first-order chi connectivity index (χ1) is 13.8. The van der Waals surface area contributed by atoms with Crippen LogP contribution in [0, 0.1) is 0 Å². The second-order valence-corrected chi connectivity index (χ2v) is 7.39. The van der Waals surface area contributed by atoms with E-state index in [0.29, 0.717) is 6.04 Å². The van der Waals surface area contributed by atoms with Crippen LogP contribution in [-0.2, 0) is 19.4 Å². The Morgan fingerprint density at radius 2 is 1.57 bits per heavy atom. The highest BCUT2D eigenvalue weighted by atomic mass is 15.3.